The van der Waals surface area contributed by atoms with Crippen LogP contribution in [0.15, 0.2) is 12.3 Å². The van der Waals surface area contributed by atoms with E-state index in [1.807, 2.05) is 20.8 Å². The maximum Gasteiger partial charge on any atom is 0.416 e. The summed E-state index contributed by atoms with van der Waals surface area (Å²) < 4.78 is 5.30. The Balaban J connectivity index is 2.04. The molecule has 1 aromatic rings. The molecule has 1 aromatic heterocycles. The number of hydrogen-bond donors (Lipinski definition) is 1. The van der Waals surface area contributed by atoms with E-state index < -0.39 is 0 Å². The van der Waals surface area contributed by atoms with Crippen LogP contribution in [0.4, 0.5) is 4.79 Å². The second-order valence-electron chi connectivity index (χ2n) is 5.57. The van der Waals surface area contributed by atoms with Gasteiger partial charge >= 0.3 is 6.09 Å². The Hall–Kier alpha value is -1.69. The Bertz CT molecular complexity index is 450. The fraction of sp³-hybridized carbons (Fsp3) is 0.615. The maximum atomic E-state index is 11.9. The van der Waals surface area contributed by atoms with Gasteiger partial charge in [-0.25, -0.2) is 9.78 Å². The quantitative estimate of drug-likeness (QED) is 0.825. The lowest BCUT2D eigenvalue weighted by Gasteiger charge is -2.26. The Morgan fingerprint density at radius 2 is 2.05 bits per heavy atom. The molecule has 0 radical (unpaired) electrons. The molecule has 0 atom stereocenters. The van der Waals surface area contributed by atoms with Crippen LogP contribution in [0.1, 0.15) is 26.6 Å². The zero-order chi connectivity index (χ0) is 13.9. The molecule has 6 nitrogen and oxygen atoms in total. The Labute approximate surface area is 113 Å². The zero-order valence-corrected chi connectivity index (χ0v) is 11.6. The molecule has 0 saturated carbocycles. The van der Waals surface area contributed by atoms with E-state index in [9.17, 15) is 4.79 Å². The predicted molar refractivity (Wildman–Crippen MR) is 71.2 cm³/mol. The van der Waals surface area contributed by atoms with Crippen molar-refractivity contribution in [2.24, 2.45) is 0 Å². The van der Waals surface area contributed by atoms with Crippen molar-refractivity contribution in [1.82, 2.24) is 20.2 Å². The summed E-state index contributed by atoms with van der Waals surface area (Å²) in [6, 6.07) is 1.61. The minimum Gasteiger partial charge on any atom is -0.391 e. The second kappa shape index (κ2) is 5.52. The third-order valence-electron chi connectivity index (χ3n) is 2.87. The molecule has 19 heavy (non-hydrogen) atoms. The minimum atomic E-state index is -0.347. The summed E-state index contributed by atoms with van der Waals surface area (Å²) in [5.74, 6) is 0.974. The summed E-state index contributed by atoms with van der Waals surface area (Å²) in [7, 11) is 0. The summed E-state index contributed by atoms with van der Waals surface area (Å²) in [6.45, 7) is 8.98. The molecular weight excluding hydrogens is 244 g/mol. The van der Waals surface area contributed by atoms with Gasteiger partial charge in [-0.2, -0.15) is 4.98 Å². The predicted octanol–water partition coefficient (Wildman–Crippen LogP) is 1.18. The number of hydrogen-bond acceptors (Lipinski definition) is 5. The summed E-state index contributed by atoms with van der Waals surface area (Å²) in [4.78, 5) is 22.1. The number of ether oxygens (including phenoxy) is 1. The van der Waals surface area contributed by atoms with Crippen molar-refractivity contribution in [2.75, 3.05) is 26.2 Å². The molecule has 0 spiro atoms. The summed E-state index contributed by atoms with van der Waals surface area (Å²) in [5, 5.41) is 3.19. The van der Waals surface area contributed by atoms with Gasteiger partial charge < -0.3 is 15.0 Å². The molecule has 0 aliphatic carbocycles. The fourth-order valence-electron chi connectivity index (χ4n) is 1.76. The molecule has 104 valence electrons. The average molecular weight is 264 g/mol. The topological polar surface area (TPSA) is 67.3 Å². The van der Waals surface area contributed by atoms with Crippen LogP contribution >= 0.6 is 0 Å². The average Bonchev–Trinajstić information content (AvgIpc) is 2.39. The molecule has 1 fully saturated rings. The second-order valence-corrected chi connectivity index (χ2v) is 5.57. The number of piperazine rings is 1. The van der Waals surface area contributed by atoms with Crippen molar-refractivity contribution in [2.45, 2.75) is 26.2 Å². The molecule has 2 heterocycles. The van der Waals surface area contributed by atoms with Gasteiger partial charge in [-0.05, 0) is 0 Å². The van der Waals surface area contributed by atoms with Crippen LogP contribution in [0, 0.1) is 0 Å². The van der Waals surface area contributed by atoms with Crippen molar-refractivity contribution in [1.29, 1.82) is 0 Å². The summed E-state index contributed by atoms with van der Waals surface area (Å²) >= 11 is 0. The van der Waals surface area contributed by atoms with Gasteiger partial charge in [0.2, 0.25) is 5.88 Å². The van der Waals surface area contributed by atoms with E-state index in [2.05, 4.69) is 15.3 Å². The van der Waals surface area contributed by atoms with Crippen molar-refractivity contribution in [3.8, 4) is 5.88 Å². The monoisotopic (exact) mass is 264 g/mol. The van der Waals surface area contributed by atoms with Crippen molar-refractivity contribution in [3.63, 3.8) is 0 Å². The minimum absolute atomic E-state index is 0.169. The van der Waals surface area contributed by atoms with Gasteiger partial charge in [0.1, 0.15) is 5.82 Å². The lowest BCUT2D eigenvalue weighted by atomic mass is 9.96. The molecule has 1 aliphatic rings. The van der Waals surface area contributed by atoms with Crippen molar-refractivity contribution >= 4 is 6.09 Å². The van der Waals surface area contributed by atoms with Gasteiger partial charge in [-0.1, -0.05) is 20.8 Å². The number of aromatic nitrogens is 2. The molecule has 1 saturated heterocycles. The van der Waals surface area contributed by atoms with E-state index in [1.54, 1.807) is 17.2 Å². The molecule has 1 N–H and O–H groups in total. The highest BCUT2D eigenvalue weighted by atomic mass is 16.6. The highest BCUT2D eigenvalue weighted by molar-refractivity contribution is 5.70. The van der Waals surface area contributed by atoms with Gasteiger partial charge in [0, 0.05) is 43.9 Å². The molecule has 0 bridgehead atoms. The summed E-state index contributed by atoms with van der Waals surface area (Å²) in [5.41, 5.74) is -0.169. The Morgan fingerprint density at radius 1 is 1.37 bits per heavy atom. The molecule has 0 unspecified atom stereocenters. The lowest BCUT2D eigenvalue weighted by molar-refractivity contribution is 0.144. The largest absolute Gasteiger partial charge is 0.416 e. The SMILES string of the molecule is CC(C)(C)c1nccc(OC(=O)N2CCNCC2)n1. The van der Waals surface area contributed by atoms with E-state index in [0.717, 1.165) is 13.1 Å². The standard InChI is InChI=1S/C13H20N4O2/c1-13(2,3)11-15-5-4-10(16-11)19-12(18)17-8-6-14-7-9-17/h4-5,14H,6-9H2,1-3H3. The third kappa shape index (κ3) is 3.64. The summed E-state index contributed by atoms with van der Waals surface area (Å²) in [6.07, 6.45) is 1.27. The lowest BCUT2D eigenvalue weighted by Crippen LogP contribution is -2.47. The van der Waals surface area contributed by atoms with Crippen LogP contribution in [0.5, 0.6) is 5.88 Å². The number of amides is 1. The van der Waals surface area contributed by atoms with Gasteiger partial charge in [-0.15, -0.1) is 0 Å². The van der Waals surface area contributed by atoms with Gasteiger partial charge in [0.25, 0.3) is 0 Å². The van der Waals surface area contributed by atoms with E-state index in [0.29, 0.717) is 24.8 Å². The maximum absolute atomic E-state index is 11.9. The van der Waals surface area contributed by atoms with Crippen molar-refractivity contribution in [3.05, 3.63) is 18.1 Å². The van der Waals surface area contributed by atoms with Crippen LogP contribution < -0.4 is 10.1 Å². The van der Waals surface area contributed by atoms with Gasteiger partial charge in [0.05, 0.1) is 0 Å². The van der Waals surface area contributed by atoms with Crippen LogP contribution in [-0.4, -0.2) is 47.1 Å². The number of nitrogens with zero attached hydrogens (tertiary/aromatic N) is 3. The Kier molecular flexibility index (Phi) is 3.99. The molecule has 0 aromatic carbocycles. The zero-order valence-electron chi connectivity index (χ0n) is 11.6. The number of nitrogens with one attached hydrogen (secondary N) is 1. The Morgan fingerprint density at radius 3 is 2.68 bits per heavy atom. The van der Waals surface area contributed by atoms with E-state index >= 15 is 0 Å². The first kappa shape index (κ1) is 13.7. The smallest absolute Gasteiger partial charge is 0.391 e. The van der Waals surface area contributed by atoms with Crippen LogP contribution in [0.25, 0.3) is 0 Å². The van der Waals surface area contributed by atoms with E-state index in [4.69, 9.17) is 4.74 Å². The first-order valence-electron chi connectivity index (χ1n) is 6.48. The fourth-order valence-corrected chi connectivity index (χ4v) is 1.76. The van der Waals surface area contributed by atoms with Crippen molar-refractivity contribution < 1.29 is 9.53 Å². The number of carbonyl (C=O) groups excluding carboxylic acids is 1. The molecular formula is C13H20N4O2. The number of rotatable bonds is 1. The third-order valence-corrected chi connectivity index (χ3v) is 2.87. The highest BCUT2D eigenvalue weighted by Crippen LogP contribution is 2.19. The normalized spacial score (nSPS) is 16.3. The van der Waals surface area contributed by atoms with E-state index in [1.165, 1.54) is 0 Å². The van der Waals surface area contributed by atoms with Crippen LogP contribution in [0.2, 0.25) is 0 Å². The van der Waals surface area contributed by atoms with Crippen LogP contribution in [-0.2, 0) is 5.41 Å². The molecule has 2 rings (SSSR count). The van der Waals surface area contributed by atoms with E-state index in [-0.39, 0.29) is 11.5 Å². The first-order chi connectivity index (χ1) is 8.97. The van der Waals surface area contributed by atoms with Gasteiger partial charge in [-0.3, -0.25) is 0 Å². The highest BCUT2D eigenvalue weighted by Gasteiger charge is 2.21. The molecule has 6 heteroatoms. The molecule has 1 aliphatic heterocycles. The first-order valence-corrected chi connectivity index (χ1v) is 6.48. The molecule has 1 amide bonds. The van der Waals surface area contributed by atoms with Crippen LogP contribution in [0.3, 0.4) is 0 Å². The number of carbonyl (C=O) groups is 1. The van der Waals surface area contributed by atoms with Gasteiger partial charge in [0.15, 0.2) is 0 Å².